The number of aromatic nitrogens is 2. The third kappa shape index (κ3) is 2.56. The molecule has 0 saturated carbocycles. The normalized spacial score (nSPS) is 12.7. The largest absolute Gasteiger partial charge is 0.388 e. The lowest BCUT2D eigenvalue weighted by Crippen LogP contribution is -2.06. The number of aliphatic hydroxyl groups is 1. The molecule has 2 rings (SSSR count). The molecule has 1 N–H and O–H groups in total. The Morgan fingerprint density at radius 1 is 1.33 bits per heavy atom. The van der Waals surface area contributed by atoms with Crippen LogP contribution < -0.4 is 0 Å². The molecule has 1 heterocycles. The SMILES string of the molecule is CCn1cc(CC(O)c2c(F)cccc2F)cn1. The smallest absolute Gasteiger partial charge is 0.131 e. The van der Waals surface area contributed by atoms with Crippen LogP contribution in [0.4, 0.5) is 8.78 Å². The van der Waals surface area contributed by atoms with E-state index in [1.54, 1.807) is 17.1 Å². The maximum absolute atomic E-state index is 13.5. The Morgan fingerprint density at radius 3 is 2.56 bits per heavy atom. The van der Waals surface area contributed by atoms with Crippen LogP contribution in [0.15, 0.2) is 30.6 Å². The highest BCUT2D eigenvalue weighted by Gasteiger charge is 2.18. The number of benzene rings is 1. The Bertz CT molecular complexity index is 519. The second-order valence-electron chi connectivity index (χ2n) is 4.06. The highest BCUT2D eigenvalue weighted by atomic mass is 19.1. The fourth-order valence-corrected chi connectivity index (χ4v) is 1.84. The van der Waals surface area contributed by atoms with Crippen molar-refractivity contribution in [2.24, 2.45) is 0 Å². The third-order valence-corrected chi connectivity index (χ3v) is 2.77. The van der Waals surface area contributed by atoms with Crippen molar-refractivity contribution in [1.29, 1.82) is 0 Å². The van der Waals surface area contributed by atoms with Gasteiger partial charge in [-0.25, -0.2) is 8.78 Å². The molecular weight excluding hydrogens is 238 g/mol. The van der Waals surface area contributed by atoms with Crippen molar-refractivity contribution < 1.29 is 13.9 Å². The molecule has 1 unspecified atom stereocenters. The summed E-state index contributed by atoms with van der Waals surface area (Å²) in [5, 5.41) is 13.9. The highest BCUT2D eigenvalue weighted by Crippen LogP contribution is 2.23. The van der Waals surface area contributed by atoms with Crippen LogP contribution in [0.25, 0.3) is 0 Å². The lowest BCUT2D eigenvalue weighted by molar-refractivity contribution is 0.168. The lowest BCUT2D eigenvalue weighted by atomic mass is 10.0. The number of hydrogen-bond acceptors (Lipinski definition) is 2. The van der Waals surface area contributed by atoms with Gasteiger partial charge in [-0.1, -0.05) is 6.07 Å². The molecule has 2 aromatic rings. The van der Waals surface area contributed by atoms with Crippen molar-refractivity contribution in [3.63, 3.8) is 0 Å². The molecule has 3 nitrogen and oxygen atoms in total. The molecule has 0 aliphatic heterocycles. The zero-order valence-electron chi connectivity index (χ0n) is 9.98. The van der Waals surface area contributed by atoms with Gasteiger partial charge in [0.05, 0.1) is 17.9 Å². The second kappa shape index (κ2) is 5.27. The summed E-state index contributed by atoms with van der Waals surface area (Å²) in [4.78, 5) is 0. The minimum Gasteiger partial charge on any atom is -0.388 e. The van der Waals surface area contributed by atoms with E-state index < -0.39 is 17.7 Å². The van der Waals surface area contributed by atoms with Crippen LogP contribution in [-0.4, -0.2) is 14.9 Å². The summed E-state index contributed by atoms with van der Waals surface area (Å²) in [5.74, 6) is -1.46. The van der Waals surface area contributed by atoms with Gasteiger partial charge in [-0.15, -0.1) is 0 Å². The zero-order valence-corrected chi connectivity index (χ0v) is 9.98. The van der Waals surface area contributed by atoms with Crippen LogP contribution in [0.3, 0.4) is 0 Å². The summed E-state index contributed by atoms with van der Waals surface area (Å²) in [6.45, 7) is 2.65. The van der Waals surface area contributed by atoms with Crippen molar-refractivity contribution >= 4 is 0 Å². The number of hydrogen-bond donors (Lipinski definition) is 1. The average Bonchev–Trinajstić information content (AvgIpc) is 2.76. The first-order chi connectivity index (χ1) is 8.61. The Balaban J connectivity index is 2.19. The number of aryl methyl sites for hydroxylation is 1. The van der Waals surface area contributed by atoms with Crippen LogP contribution in [0.1, 0.15) is 24.2 Å². The van der Waals surface area contributed by atoms with Gasteiger partial charge in [-0.05, 0) is 24.6 Å². The minimum atomic E-state index is -1.21. The molecule has 0 amide bonds. The van der Waals surface area contributed by atoms with E-state index >= 15 is 0 Å². The van der Waals surface area contributed by atoms with Gasteiger partial charge in [0, 0.05) is 19.2 Å². The topological polar surface area (TPSA) is 38.0 Å². The van der Waals surface area contributed by atoms with E-state index in [0.717, 1.165) is 17.7 Å². The fourth-order valence-electron chi connectivity index (χ4n) is 1.84. The zero-order chi connectivity index (χ0) is 13.1. The standard InChI is InChI=1S/C13H14F2N2O/c1-2-17-8-9(7-16-17)6-12(18)13-10(14)4-3-5-11(13)15/h3-5,7-8,12,18H,2,6H2,1H3. The van der Waals surface area contributed by atoms with Crippen molar-refractivity contribution in [2.45, 2.75) is 26.0 Å². The van der Waals surface area contributed by atoms with Crippen LogP contribution >= 0.6 is 0 Å². The van der Waals surface area contributed by atoms with Gasteiger partial charge in [0.25, 0.3) is 0 Å². The van der Waals surface area contributed by atoms with Gasteiger partial charge >= 0.3 is 0 Å². The van der Waals surface area contributed by atoms with Crippen LogP contribution in [-0.2, 0) is 13.0 Å². The summed E-state index contributed by atoms with van der Waals surface area (Å²) in [6, 6.07) is 3.55. The van der Waals surface area contributed by atoms with E-state index in [1.165, 1.54) is 6.07 Å². The van der Waals surface area contributed by atoms with Crippen molar-refractivity contribution in [3.05, 3.63) is 53.4 Å². The highest BCUT2D eigenvalue weighted by molar-refractivity contribution is 5.23. The van der Waals surface area contributed by atoms with Crippen LogP contribution in [0, 0.1) is 11.6 Å². The monoisotopic (exact) mass is 252 g/mol. The lowest BCUT2D eigenvalue weighted by Gasteiger charge is -2.11. The number of nitrogens with zero attached hydrogens (tertiary/aromatic N) is 2. The Morgan fingerprint density at radius 2 is 2.00 bits per heavy atom. The summed E-state index contributed by atoms with van der Waals surface area (Å²) in [5.41, 5.74) is 0.453. The molecule has 0 spiro atoms. The number of aliphatic hydroxyl groups excluding tert-OH is 1. The average molecular weight is 252 g/mol. The van der Waals surface area contributed by atoms with Gasteiger partial charge in [0.15, 0.2) is 0 Å². The predicted molar refractivity (Wildman–Crippen MR) is 62.9 cm³/mol. The van der Waals surface area contributed by atoms with Crippen molar-refractivity contribution in [1.82, 2.24) is 9.78 Å². The van der Waals surface area contributed by atoms with Gasteiger partial charge in [-0.3, -0.25) is 4.68 Å². The predicted octanol–water partition coefficient (Wildman–Crippen LogP) is 2.46. The van der Waals surface area contributed by atoms with Crippen molar-refractivity contribution in [2.75, 3.05) is 0 Å². The molecule has 0 radical (unpaired) electrons. The van der Waals surface area contributed by atoms with Gasteiger partial charge in [0.1, 0.15) is 11.6 Å². The summed E-state index contributed by atoms with van der Waals surface area (Å²) in [6.07, 6.45) is 2.27. The first-order valence-corrected chi connectivity index (χ1v) is 5.75. The third-order valence-electron chi connectivity index (χ3n) is 2.77. The molecule has 1 atom stereocenters. The molecule has 1 aromatic heterocycles. The maximum Gasteiger partial charge on any atom is 0.131 e. The fraction of sp³-hybridized carbons (Fsp3) is 0.308. The van der Waals surface area contributed by atoms with E-state index in [0.29, 0.717) is 6.54 Å². The molecule has 0 bridgehead atoms. The first kappa shape index (κ1) is 12.7. The summed E-state index contributed by atoms with van der Waals surface area (Å²) >= 11 is 0. The second-order valence-corrected chi connectivity index (χ2v) is 4.06. The molecular formula is C13H14F2N2O. The van der Waals surface area contributed by atoms with Crippen LogP contribution in [0.5, 0.6) is 0 Å². The molecule has 0 aliphatic rings. The van der Waals surface area contributed by atoms with Gasteiger partial charge in [0.2, 0.25) is 0 Å². The Hall–Kier alpha value is -1.75. The molecule has 1 aromatic carbocycles. The van der Waals surface area contributed by atoms with Gasteiger partial charge < -0.3 is 5.11 Å². The number of halogens is 2. The minimum absolute atomic E-state index is 0.137. The molecule has 0 fully saturated rings. The number of rotatable bonds is 4. The van der Waals surface area contributed by atoms with Crippen LogP contribution in [0.2, 0.25) is 0 Å². The Kier molecular flexibility index (Phi) is 3.72. The first-order valence-electron chi connectivity index (χ1n) is 5.75. The maximum atomic E-state index is 13.5. The molecule has 0 aliphatic carbocycles. The molecule has 5 heteroatoms. The Labute approximate surface area is 104 Å². The summed E-state index contributed by atoms with van der Waals surface area (Å²) in [7, 11) is 0. The van der Waals surface area contributed by atoms with E-state index in [1.807, 2.05) is 6.92 Å². The van der Waals surface area contributed by atoms with Crippen molar-refractivity contribution in [3.8, 4) is 0 Å². The molecule has 0 saturated heterocycles. The van der Waals surface area contributed by atoms with E-state index in [4.69, 9.17) is 0 Å². The van der Waals surface area contributed by atoms with E-state index in [-0.39, 0.29) is 12.0 Å². The van der Waals surface area contributed by atoms with Gasteiger partial charge in [-0.2, -0.15) is 5.10 Å². The molecule has 18 heavy (non-hydrogen) atoms. The summed E-state index contributed by atoms with van der Waals surface area (Å²) < 4.78 is 28.6. The molecule has 96 valence electrons. The van der Waals surface area contributed by atoms with E-state index in [2.05, 4.69) is 5.10 Å². The van der Waals surface area contributed by atoms with E-state index in [9.17, 15) is 13.9 Å². The quantitative estimate of drug-likeness (QED) is 0.907.